The monoisotopic (exact) mass is 364 g/mol. The molecule has 0 aromatic carbocycles. The lowest BCUT2D eigenvalue weighted by atomic mass is 10.3. The minimum Gasteiger partial charge on any atom is -0.358 e. The van der Waals surface area contributed by atoms with Crippen LogP contribution in [0.4, 0.5) is 19.0 Å². The average Bonchev–Trinajstić information content (AvgIpc) is 2.61. The minimum atomic E-state index is -0.910. The van der Waals surface area contributed by atoms with Crippen LogP contribution >= 0.6 is 0 Å². The number of aryl methyl sites for hydroxylation is 2. The number of hydrogen-bond donors (Lipinski definition) is 0. The summed E-state index contributed by atoms with van der Waals surface area (Å²) in [6.45, 7) is 3.39. The Morgan fingerprint density at radius 2 is 1.50 bits per heavy atom. The molecule has 0 saturated carbocycles. The highest BCUT2D eigenvalue weighted by Gasteiger charge is 2.12. The molecular formula is C17H15F3N4O2. The van der Waals surface area contributed by atoms with E-state index in [1.807, 2.05) is 0 Å². The van der Waals surface area contributed by atoms with Gasteiger partial charge in [-0.15, -0.1) is 0 Å². The van der Waals surface area contributed by atoms with Gasteiger partial charge in [0, 0.05) is 24.2 Å². The van der Waals surface area contributed by atoms with Crippen LogP contribution < -0.4 is 0 Å². The molecular weight excluding hydrogens is 349 g/mol. The van der Waals surface area contributed by atoms with E-state index in [4.69, 9.17) is 0 Å². The number of aromatic nitrogens is 3. The molecule has 3 heterocycles. The summed E-state index contributed by atoms with van der Waals surface area (Å²) >= 11 is 0. The van der Waals surface area contributed by atoms with Crippen LogP contribution in [-0.4, -0.2) is 19.9 Å². The van der Waals surface area contributed by atoms with Gasteiger partial charge in [0.1, 0.15) is 17.8 Å². The molecule has 0 aliphatic carbocycles. The van der Waals surface area contributed by atoms with Crippen molar-refractivity contribution in [3.63, 3.8) is 0 Å². The Balaban J connectivity index is 0.000000197. The van der Waals surface area contributed by atoms with Gasteiger partial charge in [0.2, 0.25) is 5.82 Å². The fourth-order valence-electron chi connectivity index (χ4n) is 1.41. The summed E-state index contributed by atoms with van der Waals surface area (Å²) in [4.78, 5) is 19.5. The molecule has 3 aromatic heterocycles. The maximum Gasteiger partial charge on any atom is 0.399 e. The van der Waals surface area contributed by atoms with Gasteiger partial charge in [-0.1, -0.05) is 0 Å². The molecule has 3 aromatic rings. The Hall–Kier alpha value is -3.36. The summed E-state index contributed by atoms with van der Waals surface area (Å²) in [5.41, 5.74) is 1.23. The molecule has 0 amide bonds. The Kier molecular flexibility index (Phi) is 8.35. The lowest BCUT2D eigenvalue weighted by Crippen LogP contribution is -1.94. The van der Waals surface area contributed by atoms with Crippen molar-refractivity contribution in [3.8, 4) is 0 Å². The normalized spacial score (nSPS) is 9.27. The molecule has 0 N–H and O–H groups in total. The smallest absolute Gasteiger partial charge is 0.358 e. The third-order valence-electron chi connectivity index (χ3n) is 2.84. The molecule has 0 aliphatic heterocycles. The van der Waals surface area contributed by atoms with Gasteiger partial charge in [0.15, 0.2) is 0 Å². The average molecular weight is 364 g/mol. The SMILES string of the molecule is Cc1ccncc1F.Cc1cnccc1F.O=[N+]([O-])c1ncccc1F. The fraction of sp³-hybridized carbons (Fsp3) is 0.118. The van der Waals surface area contributed by atoms with E-state index in [1.54, 1.807) is 26.1 Å². The van der Waals surface area contributed by atoms with Crippen molar-refractivity contribution in [1.29, 1.82) is 0 Å². The van der Waals surface area contributed by atoms with Crippen molar-refractivity contribution in [2.75, 3.05) is 0 Å². The van der Waals surface area contributed by atoms with Gasteiger partial charge >= 0.3 is 5.82 Å². The van der Waals surface area contributed by atoms with Crippen molar-refractivity contribution in [2.45, 2.75) is 13.8 Å². The Morgan fingerprint density at radius 1 is 0.846 bits per heavy atom. The molecule has 0 atom stereocenters. The van der Waals surface area contributed by atoms with Gasteiger partial charge in [-0.2, -0.15) is 4.39 Å². The first-order chi connectivity index (χ1) is 12.3. The molecule has 0 radical (unpaired) electrons. The quantitative estimate of drug-likeness (QED) is 0.478. The largest absolute Gasteiger partial charge is 0.399 e. The summed E-state index contributed by atoms with van der Waals surface area (Å²) in [5.74, 6) is -2.08. The van der Waals surface area contributed by atoms with Crippen molar-refractivity contribution in [1.82, 2.24) is 15.0 Å². The second kappa shape index (κ2) is 10.5. The van der Waals surface area contributed by atoms with Crippen LogP contribution in [-0.2, 0) is 0 Å². The summed E-state index contributed by atoms with van der Waals surface area (Å²) < 4.78 is 36.9. The molecule has 0 bridgehead atoms. The number of nitrogens with zero attached hydrogens (tertiary/aromatic N) is 4. The van der Waals surface area contributed by atoms with Crippen LogP contribution in [0.2, 0.25) is 0 Å². The maximum absolute atomic E-state index is 12.3. The lowest BCUT2D eigenvalue weighted by Gasteiger charge is -1.89. The number of halogens is 3. The fourth-order valence-corrected chi connectivity index (χ4v) is 1.41. The Labute approximate surface area is 147 Å². The number of rotatable bonds is 1. The third kappa shape index (κ3) is 7.04. The highest BCUT2D eigenvalue weighted by atomic mass is 19.1. The van der Waals surface area contributed by atoms with E-state index in [0.29, 0.717) is 11.1 Å². The second-order valence-electron chi connectivity index (χ2n) is 4.82. The molecule has 6 nitrogen and oxygen atoms in total. The molecule has 0 fully saturated rings. The van der Waals surface area contributed by atoms with Crippen LogP contribution in [0.15, 0.2) is 55.2 Å². The Bertz CT molecular complexity index is 777. The van der Waals surface area contributed by atoms with Crippen LogP contribution in [0.25, 0.3) is 0 Å². The summed E-state index contributed by atoms with van der Waals surface area (Å²) in [6.07, 6.45) is 6.87. The van der Waals surface area contributed by atoms with Gasteiger partial charge in [-0.3, -0.25) is 9.97 Å². The standard InChI is InChI=1S/2C6H6FN.C5H3FN2O2/c1-5-4-8-3-2-6(5)7;1-5-2-3-8-4-6(5)7;6-4-2-1-3-7-5(4)8(9)10/h2*2-4H,1H3;1-3H. The summed E-state index contributed by atoms with van der Waals surface area (Å²) in [6, 6.07) is 5.26. The minimum absolute atomic E-state index is 0.194. The second-order valence-corrected chi connectivity index (χ2v) is 4.82. The molecule has 0 aliphatic rings. The van der Waals surface area contributed by atoms with E-state index in [1.165, 1.54) is 36.9 Å². The van der Waals surface area contributed by atoms with E-state index in [2.05, 4.69) is 15.0 Å². The van der Waals surface area contributed by atoms with Crippen molar-refractivity contribution >= 4 is 5.82 Å². The predicted molar refractivity (Wildman–Crippen MR) is 88.7 cm³/mol. The Morgan fingerprint density at radius 3 is 1.88 bits per heavy atom. The van der Waals surface area contributed by atoms with Crippen LogP contribution in [0, 0.1) is 41.4 Å². The highest BCUT2D eigenvalue weighted by molar-refractivity contribution is 5.19. The van der Waals surface area contributed by atoms with Gasteiger partial charge < -0.3 is 10.1 Å². The van der Waals surface area contributed by atoms with E-state index in [9.17, 15) is 23.3 Å². The molecule has 0 saturated heterocycles. The zero-order valence-electron chi connectivity index (χ0n) is 13.9. The van der Waals surface area contributed by atoms with Crippen LogP contribution in [0.3, 0.4) is 0 Å². The molecule has 0 unspecified atom stereocenters. The summed E-state index contributed by atoms with van der Waals surface area (Å²) in [7, 11) is 0. The highest BCUT2D eigenvalue weighted by Crippen LogP contribution is 2.10. The van der Waals surface area contributed by atoms with Crippen LogP contribution in [0.5, 0.6) is 0 Å². The predicted octanol–water partition coefficient (Wildman–Crippen LogP) is 4.19. The zero-order chi connectivity index (χ0) is 19.5. The van der Waals surface area contributed by atoms with E-state index in [0.717, 1.165) is 6.07 Å². The summed E-state index contributed by atoms with van der Waals surface area (Å²) in [5, 5.41) is 9.92. The first kappa shape index (κ1) is 20.7. The topological polar surface area (TPSA) is 81.8 Å². The first-order valence-corrected chi connectivity index (χ1v) is 7.20. The molecule has 3 rings (SSSR count). The van der Waals surface area contributed by atoms with Gasteiger partial charge in [-0.05, 0) is 53.6 Å². The number of nitro groups is 1. The van der Waals surface area contributed by atoms with E-state index < -0.39 is 16.6 Å². The third-order valence-corrected chi connectivity index (χ3v) is 2.84. The lowest BCUT2D eigenvalue weighted by molar-refractivity contribution is -0.392. The van der Waals surface area contributed by atoms with E-state index >= 15 is 0 Å². The maximum atomic E-state index is 12.3. The first-order valence-electron chi connectivity index (χ1n) is 7.20. The number of hydrogen-bond acceptors (Lipinski definition) is 5. The van der Waals surface area contributed by atoms with E-state index in [-0.39, 0.29) is 11.6 Å². The van der Waals surface area contributed by atoms with Gasteiger partial charge in [-0.25, -0.2) is 8.78 Å². The van der Waals surface area contributed by atoms with Crippen molar-refractivity contribution in [3.05, 3.63) is 93.9 Å². The molecule has 0 spiro atoms. The molecule has 26 heavy (non-hydrogen) atoms. The molecule has 136 valence electrons. The van der Waals surface area contributed by atoms with Crippen LogP contribution in [0.1, 0.15) is 11.1 Å². The van der Waals surface area contributed by atoms with Crippen molar-refractivity contribution in [2.24, 2.45) is 0 Å². The number of pyridine rings is 3. The van der Waals surface area contributed by atoms with Gasteiger partial charge in [0.25, 0.3) is 0 Å². The zero-order valence-corrected chi connectivity index (χ0v) is 13.9. The van der Waals surface area contributed by atoms with Gasteiger partial charge in [0.05, 0.1) is 6.20 Å². The van der Waals surface area contributed by atoms with Crippen molar-refractivity contribution < 1.29 is 18.1 Å². The molecule has 9 heteroatoms.